The van der Waals surface area contributed by atoms with Gasteiger partial charge in [0.15, 0.2) is 0 Å². The number of rotatable bonds is 4. The van der Waals surface area contributed by atoms with E-state index in [1.165, 1.54) is 6.42 Å². The molecule has 1 atom stereocenters. The zero-order valence-electron chi connectivity index (χ0n) is 11.4. The summed E-state index contributed by atoms with van der Waals surface area (Å²) in [6.07, 6.45) is 2.33. The summed E-state index contributed by atoms with van der Waals surface area (Å²) in [4.78, 5) is 2.43. The zero-order chi connectivity index (χ0) is 13.0. The van der Waals surface area contributed by atoms with E-state index in [0.717, 1.165) is 43.9 Å². The van der Waals surface area contributed by atoms with E-state index in [1.807, 2.05) is 25.1 Å². The van der Waals surface area contributed by atoms with Crippen LogP contribution in [0.4, 0.5) is 0 Å². The SMILES string of the molecule is CCC[C@@H]1COCCN1Cc1cccc(C)c1O. The normalized spacial score (nSPS) is 21.1. The molecule has 3 heteroatoms. The minimum Gasteiger partial charge on any atom is -0.507 e. The number of benzene rings is 1. The highest BCUT2D eigenvalue weighted by molar-refractivity contribution is 5.39. The Morgan fingerprint density at radius 2 is 2.28 bits per heavy atom. The molecule has 0 amide bonds. The Hall–Kier alpha value is -1.06. The zero-order valence-corrected chi connectivity index (χ0v) is 11.4. The summed E-state index contributed by atoms with van der Waals surface area (Å²) >= 11 is 0. The number of para-hydroxylation sites is 1. The van der Waals surface area contributed by atoms with Gasteiger partial charge in [-0.25, -0.2) is 0 Å². The molecular formula is C15H23NO2. The average molecular weight is 249 g/mol. The lowest BCUT2D eigenvalue weighted by Crippen LogP contribution is -2.44. The second-order valence-electron chi connectivity index (χ2n) is 5.07. The molecule has 1 aromatic carbocycles. The van der Waals surface area contributed by atoms with Crippen LogP contribution in [0.25, 0.3) is 0 Å². The first-order chi connectivity index (χ1) is 8.72. The molecule has 0 radical (unpaired) electrons. The van der Waals surface area contributed by atoms with Crippen molar-refractivity contribution in [2.45, 2.75) is 39.3 Å². The maximum atomic E-state index is 10.1. The molecule has 1 aromatic rings. The van der Waals surface area contributed by atoms with Crippen molar-refractivity contribution in [1.82, 2.24) is 4.90 Å². The average Bonchev–Trinajstić information content (AvgIpc) is 2.37. The highest BCUT2D eigenvalue weighted by Gasteiger charge is 2.23. The second kappa shape index (κ2) is 6.21. The molecule has 1 N–H and O–H groups in total. The molecule has 0 saturated carbocycles. The number of phenols is 1. The topological polar surface area (TPSA) is 32.7 Å². The van der Waals surface area contributed by atoms with Crippen LogP contribution in [-0.2, 0) is 11.3 Å². The van der Waals surface area contributed by atoms with Gasteiger partial charge in [0.1, 0.15) is 5.75 Å². The van der Waals surface area contributed by atoms with Gasteiger partial charge in [0.2, 0.25) is 0 Å². The number of aryl methyl sites for hydroxylation is 1. The third-order valence-electron chi connectivity index (χ3n) is 3.67. The van der Waals surface area contributed by atoms with Crippen molar-refractivity contribution >= 4 is 0 Å². The summed E-state index contributed by atoms with van der Waals surface area (Å²) in [5.41, 5.74) is 1.98. The van der Waals surface area contributed by atoms with Crippen LogP contribution in [0, 0.1) is 6.92 Å². The third kappa shape index (κ3) is 3.03. The van der Waals surface area contributed by atoms with Gasteiger partial charge in [-0.3, -0.25) is 4.90 Å². The highest BCUT2D eigenvalue weighted by atomic mass is 16.5. The first-order valence-corrected chi connectivity index (χ1v) is 6.81. The molecule has 0 bridgehead atoms. The number of hydrogen-bond acceptors (Lipinski definition) is 3. The van der Waals surface area contributed by atoms with Crippen molar-refractivity contribution in [3.8, 4) is 5.75 Å². The van der Waals surface area contributed by atoms with Crippen molar-refractivity contribution in [3.63, 3.8) is 0 Å². The lowest BCUT2D eigenvalue weighted by atomic mass is 10.1. The van der Waals surface area contributed by atoms with Gasteiger partial charge < -0.3 is 9.84 Å². The predicted molar refractivity (Wildman–Crippen MR) is 72.8 cm³/mol. The fraction of sp³-hybridized carbons (Fsp3) is 0.600. The van der Waals surface area contributed by atoms with Crippen molar-refractivity contribution in [2.75, 3.05) is 19.8 Å². The van der Waals surface area contributed by atoms with E-state index in [-0.39, 0.29) is 0 Å². The molecule has 0 unspecified atom stereocenters. The fourth-order valence-electron chi connectivity index (χ4n) is 2.56. The number of phenolic OH excluding ortho intramolecular Hbond substituents is 1. The lowest BCUT2D eigenvalue weighted by molar-refractivity contribution is -0.0149. The molecule has 100 valence electrons. The molecule has 0 aliphatic carbocycles. The van der Waals surface area contributed by atoms with E-state index in [0.29, 0.717) is 11.8 Å². The van der Waals surface area contributed by atoms with Crippen molar-refractivity contribution in [2.24, 2.45) is 0 Å². The molecule has 1 heterocycles. The van der Waals surface area contributed by atoms with Gasteiger partial charge in [-0.1, -0.05) is 31.5 Å². The molecule has 1 fully saturated rings. The number of nitrogens with zero attached hydrogens (tertiary/aromatic N) is 1. The van der Waals surface area contributed by atoms with E-state index in [9.17, 15) is 5.11 Å². The smallest absolute Gasteiger partial charge is 0.122 e. The molecule has 0 spiro atoms. The standard InChI is InChI=1S/C15H23NO2/c1-3-5-14-11-18-9-8-16(14)10-13-7-4-6-12(2)15(13)17/h4,6-7,14,17H,3,5,8-11H2,1-2H3/t14-/m1/s1. The van der Waals surface area contributed by atoms with Crippen molar-refractivity contribution in [3.05, 3.63) is 29.3 Å². The summed E-state index contributed by atoms with van der Waals surface area (Å²) in [5, 5.41) is 10.1. The Labute approximate surface area is 109 Å². The Morgan fingerprint density at radius 3 is 3.06 bits per heavy atom. The van der Waals surface area contributed by atoms with Gasteiger partial charge in [0, 0.05) is 24.7 Å². The van der Waals surface area contributed by atoms with Gasteiger partial charge in [0.05, 0.1) is 13.2 Å². The maximum absolute atomic E-state index is 10.1. The Bertz CT molecular complexity index is 390. The summed E-state index contributed by atoms with van der Waals surface area (Å²) in [5.74, 6) is 0.444. The van der Waals surface area contributed by atoms with E-state index in [4.69, 9.17) is 4.74 Å². The Balaban J connectivity index is 2.08. The summed E-state index contributed by atoms with van der Waals surface area (Å²) in [7, 11) is 0. The lowest BCUT2D eigenvalue weighted by Gasteiger charge is -2.35. The van der Waals surface area contributed by atoms with Crippen LogP contribution in [0.3, 0.4) is 0 Å². The van der Waals surface area contributed by atoms with Crippen molar-refractivity contribution in [1.29, 1.82) is 0 Å². The van der Waals surface area contributed by atoms with Crippen LogP contribution < -0.4 is 0 Å². The van der Waals surface area contributed by atoms with Gasteiger partial charge in [-0.2, -0.15) is 0 Å². The van der Waals surface area contributed by atoms with Gasteiger partial charge in [0.25, 0.3) is 0 Å². The molecule has 18 heavy (non-hydrogen) atoms. The summed E-state index contributed by atoms with van der Waals surface area (Å²) in [6, 6.07) is 6.46. The third-order valence-corrected chi connectivity index (χ3v) is 3.67. The molecular weight excluding hydrogens is 226 g/mol. The molecule has 1 aliphatic rings. The van der Waals surface area contributed by atoms with Crippen LogP contribution in [-0.4, -0.2) is 35.8 Å². The molecule has 3 nitrogen and oxygen atoms in total. The summed E-state index contributed by atoms with van der Waals surface area (Å²) < 4.78 is 5.55. The largest absolute Gasteiger partial charge is 0.507 e. The number of ether oxygens (including phenoxy) is 1. The van der Waals surface area contributed by atoms with E-state index >= 15 is 0 Å². The van der Waals surface area contributed by atoms with Crippen LogP contribution >= 0.6 is 0 Å². The van der Waals surface area contributed by atoms with Crippen LogP contribution in [0.15, 0.2) is 18.2 Å². The van der Waals surface area contributed by atoms with E-state index in [1.54, 1.807) is 0 Å². The van der Waals surface area contributed by atoms with Crippen LogP contribution in [0.2, 0.25) is 0 Å². The van der Waals surface area contributed by atoms with Gasteiger partial charge >= 0.3 is 0 Å². The monoisotopic (exact) mass is 249 g/mol. The molecule has 1 aliphatic heterocycles. The minimum atomic E-state index is 0.444. The highest BCUT2D eigenvalue weighted by Crippen LogP contribution is 2.25. The number of hydrogen-bond donors (Lipinski definition) is 1. The van der Waals surface area contributed by atoms with Gasteiger partial charge in [-0.05, 0) is 18.9 Å². The van der Waals surface area contributed by atoms with Crippen LogP contribution in [0.5, 0.6) is 5.75 Å². The van der Waals surface area contributed by atoms with E-state index < -0.39 is 0 Å². The Morgan fingerprint density at radius 1 is 1.44 bits per heavy atom. The Kier molecular flexibility index (Phi) is 4.61. The first kappa shape index (κ1) is 13.4. The molecule has 1 saturated heterocycles. The predicted octanol–water partition coefficient (Wildman–Crippen LogP) is 2.70. The number of morpholine rings is 1. The molecule has 0 aromatic heterocycles. The molecule has 2 rings (SSSR count). The summed E-state index contributed by atoms with van der Waals surface area (Å²) in [6.45, 7) is 7.55. The quantitative estimate of drug-likeness (QED) is 0.890. The van der Waals surface area contributed by atoms with Gasteiger partial charge in [-0.15, -0.1) is 0 Å². The minimum absolute atomic E-state index is 0.444. The van der Waals surface area contributed by atoms with Crippen LogP contribution in [0.1, 0.15) is 30.9 Å². The second-order valence-corrected chi connectivity index (χ2v) is 5.07. The maximum Gasteiger partial charge on any atom is 0.122 e. The number of aromatic hydroxyl groups is 1. The van der Waals surface area contributed by atoms with Crippen molar-refractivity contribution < 1.29 is 9.84 Å². The first-order valence-electron chi connectivity index (χ1n) is 6.81. The van der Waals surface area contributed by atoms with E-state index in [2.05, 4.69) is 11.8 Å². The fourth-order valence-corrected chi connectivity index (χ4v) is 2.56.